The maximum Gasteiger partial charge on any atom is 0.237 e. The van der Waals surface area contributed by atoms with Gasteiger partial charge in [0, 0.05) is 18.4 Å². The van der Waals surface area contributed by atoms with Gasteiger partial charge in [0.2, 0.25) is 5.91 Å². The number of hydrogen-bond donors (Lipinski definition) is 2. The van der Waals surface area contributed by atoms with Gasteiger partial charge in [-0.05, 0) is 6.92 Å². The molecule has 1 unspecified atom stereocenters. The number of aryl methyl sites for hydroxylation is 1. The largest absolute Gasteiger partial charge is 0.377 e. The monoisotopic (exact) mass is 224 g/mol. The number of amides is 1. The van der Waals surface area contributed by atoms with E-state index in [1.807, 2.05) is 6.92 Å². The molecule has 0 radical (unpaired) electrons. The molecule has 0 spiro atoms. The molecule has 6 heteroatoms. The Bertz CT molecular complexity index is 377. The average Bonchev–Trinajstić information content (AvgIpc) is 2.75. The van der Waals surface area contributed by atoms with Gasteiger partial charge < -0.3 is 20.4 Å². The first-order chi connectivity index (χ1) is 7.72. The number of aromatic nitrogens is 2. The second-order valence-electron chi connectivity index (χ2n) is 3.83. The van der Waals surface area contributed by atoms with Crippen molar-refractivity contribution in [3.05, 3.63) is 17.7 Å². The van der Waals surface area contributed by atoms with Crippen LogP contribution in [0.15, 0.2) is 6.20 Å². The van der Waals surface area contributed by atoms with Crippen molar-refractivity contribution in [3.8, 4) is 0 Å². The number of nitrogens with one attached hydrogen (secondary N) is 1. The number of nitrogens with two attached hydrogens (primary N) is 1. The molecule has 1 atom stereocenters. The average molecular weight is 224 g/mol. The van der Waals surface area contributed by atoms with E-state index in [0.717, 1.165) is 11.5 Å². The number of carbonyl (C=O) groups excluding carboxylic acids is 1. The Morgan fingerprint density at radius 1 is 1.81 bits per heavy atom. The van der Waals surface area contributed by atoms with Gasteiger partial charge in [-0.3, -0.25) is 4.79 Å². The fraction of sp³-hybridized carbons (Fsp3) is 0.600. The second-order valence-corrected chi connectivity index (χ2v) is 3.83. The Morgan fingerprint density at radius 3 is 3.25 bits per heavy atom. The molecule has 88 valence electrons. The number of rotatable bonds is 2. The summed E-state index contributed by atoms with van der Waals surface area (Å²) < 4.78 is 5.38. The van der Waals surface area contributed by atoms with Gasteiger partial charge in [0.05, 0.1) is 19.8 Å². The molecule has 2 heterocycles. The van der Waals surface area contributed by atoms with Crippen LogP contribution < -0.4 is 5.73 Å². The first-order valence-corrected chi connectivity index (χ1v) is 5.31. The topological polar surface area (TPSA) is 84.2 Å². The molecule has 1 aliphatic rings. The highest BCUT2D eigenvalue weighted by Crippen LogP contribution is 2.21. The van der Waals surface area contributed by atoms with Gasteiger partial charge in [-0.15, -0.1) is 0 Å². The van der Waals surface area contributed by atoms with Gasteiger partial charge in [0.1, 0.15) is 11.9 Å². The van der Waals surface area contributed by atoms with E-state index in [-0.39, 0.29) is 18.5 Å². The molecule has 1 amide bonds. The Kier molecular flexibility index (Phi) is 3.21. The van der Waals surface area contributed by atoms with Crippen LogP contribution in [0.25, 0.3) is 0 Å². The van der Waals surface area contributed by atoms with Crippen molar-refractivity contribution < 1.29 is 9.53 Å². The fourth-order valence-electron chi connectivity index (χ4n) is 1.85. The highest BCUT2D eigenvalue weighted by Gasteiger charge is 2.29. The molecule has 1 aromatic rings. The molecule has 1 aliphatic heterocycles. The SMILES string of the molecule is Cc1cnc(C2COCCN2C(=O)CN)[nH]1. The lowest BCUT2D eigenvalue weighted by atomic mass is 10.2. The molecule has 3 N–H and O–H groups in total. The van der Waals surface area contributed by atoms with Crippen molar-refractivity contribution in [2.45, 2.75) is 13.0 Å². The molecule has 0 aliphatic carbocycles. The lowest BCUT2D eigenvalue weighted by Gasteiger charge is -2.34. The van der Waals surface area contributed by atoms with Crippen LogP contribution in [0.2, 0.25) is 0 Å². The lowest BCUT2D eigenvalue weighted by molar-refractivity contribution is -0.138. The van der Waals surface area contributed by atoms with Crippen molar-refractivity contribution in [1.82, 2.24) is 14.9 Å². The summed E-state index contributed by atoms with van der Waals surface area (Å²) in [6.07, 6.45) is 1.75. The van der Waals surface area contributed by atoms with Crippen LogP contribution in [0.5, 0.6) is 0 Å². The van der Waals surface area contributed by atoms with Gasteiger partial charge in [-0.1, -0.05) is 0 Å². The molecule has 1 aromatic heterocycles. The number of morpholine rings is 1. The Balaban J connectivity index is 2.19. The van der Waals surface area contributed by atoms with Gasteiger partial charge in [0.25, 0.3) is 0 Å². The maximum absolute atomic E-state index is 11.7. The third-order valence-corrected chi connectivity index (χ3v) is 2.66. The summed E-state index contributed by atoms with van der Waals surface area (Å²) in [6, 6.07) is -0.140. The number of ether oxygens (including phenoxy) is 1. The predicted octanol–water partition coefficient (Wildman–Crippen LogP) is -0.423. The number of hydrogen-bond acceptors (Lipinski definition) is 4. The number of carbonyl (C=O) groups is 1. The zero-order valence-electron chi connectivity index (χ0n) is 9.27. The lowest BCUT2D eigenvalue weighted by Crippen LogP contribution is -2.46. The molecular weight excluding hydrogens is 208 g/mol. The van der Waals surface area contributed by atoms with Crippen LogP contribution in [0.3, 0.4) is 0 Å². The minimum absolute atomic E-state index is 0.0240. The molecule has 0 saturated carbocycles. The Hall–Kier alpha value is -1.40. The van der Waals surface area contributed by atoms with E-state index in [4.69, 9.17) is 10.5 Å². The molecule has 16 heavy (non-hydrogen) atoms. The van der Waals surface area contributed by atoms with E-state index in [1.165, 1.54) is 0 Å². The maximum atomic E-state index is 11.7. The third-order valence-electron chi connectivity index (χ3n) is 2.66. The van der Waals surface area contributed by atoms with E-state index < -0.39 is 0 Å². The highest BCUT2D eigenvalue weighted by molar-refractivity contribution is 5.78. The number of H-pyrrole nitrogens is 1. The first kappa shape index (κ1) is 11.1. The van der Waals surface area contributed by atoms with Crippen LogP contribution in [-0.4, -0.2) is 47.1 Å². The van der Waals surface area contributed by atoms with Crippen LogP contribution in [0.4, 0.5) is 0 Å². The van der Waals surface area contributed by atoms with Gasteiger partial charge >= 0.3 is 0 Å². The summed E-state index contributed by atoms with van der Waals surface area (Å²) in [4.78, 5) is 20.8. The molecule has 0 bridgehead atoms. The first-order valence-electron chi connectivity index (χ1n) is 5.31. The summed E-state index contributed by atoms with van der Waals surface area (Å²) in [7, 11) is 0. The minimum Gasteiger partial charge on any atom is -0.377 e. The Labute approximate surface area is 93.8 Å². The van der Waals surface area contributed by atoms with Crippen LogP contribution in [-0.2, 0) is 9.53 Å². The molecular formula is C10H16N4O2. The van der Waals surface area contributed by atoms with Crippen molar-refractivity contribution >= 4 is 5.91 Å². The number of imidazole rings is 1. The number of aromatic amines is 1. The van der Waals surface area contributed by atoms with Crippen molar-refractivity contribution in [2.24, 2.45) is 5.73 Å². The fourth-order valence-corrected chi connectivity index (χ4v) is 1.85. The predicted molar refractivity (Wildman–Crippen MR) is 57.7 cm³/mol. The summed E-state index contributed by atoms with van der Waals surface area (Å²) in [5.74, 6) is 0.696. The van der Waals surface area contributed by atoms with E-state index in [9.17, 15) is 4.79 Å². The third kappa shape index (κ3) is 2.07. The van der Waals surface area contributed by atoms with Crippen LogP contribution in [0, 0.1) is 6.92 Å². The van der Waals surface area contributed by atoms with E-state index in [0.29, 0.717) is 19.8 Å². The molecule has 1 fully saturated rings. The quantitative estimate of drug-likeness (QED) is 0.714. The van der Waals surface area contributed by atoms with Crippen molar-refractivity contribution in [2.75, 3.05) is 26.3 Å². The highest BCUT2D eigenvalue weighted by atomic mass is 16.5. The van der Waals surface area contributed by atoms with Crippen molar-refractivity contribution in [1.29, 1.82) is 0 Å². The summed E-state index contributed by atoms with van der Waals surface area (Å²) in [6.45, 7) is 3.55. The van der Waals surface area contributed by atoms with Crippen LogP contribution >= 0.6 is 0 Å². The number of nitrogens with zero attached hydrogens (tertiary/aromatic N) is 2. The zero-order chi connectivity index (χ0) is 11.5. The minimum atomic E-state index is -0.140. The van der Waals surface area contributed by atoms with Gasteiger partial charge in [-0.25, -0.2) is 4.98 Å². The van der Waals surface area contributed by atoms with Gasteiger partial charge in [0.15, 0.2) is 0 Å². The molecule has 2 rings (SSSR count). The molecule has 0 aromatic carbocycles. The molecule has 6 nitrogen and oxygen atoms in total. The van der Waals surface area contributed by atoms with E-state index >= 15 is 0 Å². The smallest absolute Gasteiger partial charge is 0.237 e. The standard InChI is InChI=1S/C10H16N4O2/c1-7-5-12-10(13-7)8-6-16-3-2-14(8)9(15)4-11/h5,8H,2-4,6,11H2,1H3,(H,12,13). The van der Waals surface area contributed by atoms with Crippen molar-refractivity contribution in [3.63, 3.8) is 0 Å². The van der Waals surface area contributed by atoms with Gasteiger partial charge in [-0.2, -0.15) is 0 Å². The normalized spacial score (nSPS) is 21.1. The summed E-state index contributed by atoms with van der Waals surface area (Å²) >= 11 is 0. The summed E-state index contributed by atoms with van der Waals surface area (Å²) in [5, 5.41) is 0. The van der Waals surface area contributed by atoms with E-state index in [2.05, 4.69) is 9.97 Å². The van der Waals surface area contributed by atoms with E-state index in [1.54, 1.807) is 11.1 Å². The zero-order valence-corrected chi connectivity index (χ0v) is 9.27. The second kappa shape index (κ2) is 4.63. The Morgan fingerprint density at radius 2 is 2.62 bits per heavy atom. The molecule has 1 saturated heterocycles. The van der Waals surface area contributed by atoms with Crippen LogP contribution in [0.1, 0.15) is 17.6 Å². The summed E-state index contributed by atoms with van der Waals surface area (Å²) in [5.41, 5.74) is 6.36.